The molecule has 0 amide bonds. The molecule has 0 fully saturated rings. The molecular weight excluding hydrogens is 321 g/mol. The molecule has 2 aromatic carbocycles. The third-order valence-electron chi connectivity index (χ3n) is 3.12. The molecule has 0 spiro atoms. The van der Waals surface area contributed by atoms with Crippen LogP contribution >= 0.6 is 11.8 Å². The number of methoxy groups -OCH3 is 1. The van der Waals surface area contributed by atoms with Gasteiger partial charge in [-0.25, -0.2) is 4.39 Å². The van der Waals surface area contributed by atoms with Crippen molar-refractivity contribution in [2.45, 2.75) is 17.5 Å². The molecule has 1 unspecified atom stereocenters. The van der Waals surface area contributed by atoms with E-state index in [-0.39, 0.29) is 17.7 Å². The Morgan fingerprint density at radius 2 is 1.91 bits per heavy atom. The van der Waals surface area contributed by atoms with Crippen LogP contribution in [0.25, 0.3) is 0 Å². The molecule has 2 rings (SSSR count). The molecular formula is C16H14FNO4S. The lowest BCUT2D eigenvalue weighted by Crippen LogP contribution is -2.15. The van der Waals surface area contributed by atoms with Gasteiger partial charge < -0.3 is 4.74 Å². The molecule has 0 aliphatic rings. The maximum atomic E-state index is 14.1. The fourth-order valence-corrected chi connectivity index (χ4v) is 2.68. The summed E-state index contributed by atoms with van der Waals surface area (Å²) in [6, 6.07) is 12.5. The number of nitrogens with zero attached hydrogens (tertiary/aromatic N) is 1. The van der Waals surface area contributed by atoms with Crippen molar-refractivity contribution in [1.82, 2.24) is 0 Å². The van der Waals surface area contributed by atoms with Crippen LogP contribution in [0.5, 0.6) is 5.75 Å². The van der Waals surface area contributed by atoms with Gasteiger partial charge >= 0.3 is 0 Å². The lowest BCUT2D eigenvalue weighted by Gasteiger charge is -2.08. The Balaban J connectivity index is 2.04. The van der Waals surface area contributed by atoms with Crippen molar-refractivity contribution in [3.63, 3.8) is 0 Å². The number of thioether (sulfide) groups is 1. The van der Waals surface area contributed by atoms with Gasteiger partial charge in [-0.1, -0.05) is 18.2 Å². The number of ether oxygens (including phenoxy) is 1. The zero-order chi connectivity index (χ0) is 16.8. The van der Waals surface area contributed by atoms with E-state index in [0.717, 1.165) is 11.8 Å². The van der Waals surface area contributed by atoms with E-state index in [1.165, 1.54) is 25.3 Å². The highest BCUT2D eigenvalue weighted by atomic mass is 32.2. The Morgan fingerprint density at radius 1 is 1.26 bits per heavy atom. The molecule has 0 aliphatic heterocycles. The van der Waals surface area contributed by atoms with Gasteiger partial charge in [-0.15, -0.1) is 0 Å². The molecule has 0 aromatic heterocycles. The first-order valence-corrected chi connectivity index (χ1v) is 7.55. The van der Waals surface area contributed by atoms with Gasteiger partial charge in [-0.3, -0.25) is 14.9 Å². The van der Waals surface area contributed by atoms with Gasteiger partial charge in [0.25, 0.3) is 5.69 Å². The SMILES string of the molecule is COc1ccc(SC(=O)C(F)Cc2ccccc2[N+](=O)[O-])cc1. The minimum atomic E-state index is -1.82. The number of para-hydroxylation sites is 1. The number of carbonyl (C=O) groups excluding carboxylic acids is 1. The van der Waals surface area contributed by atoms with Crippen LogP contribution in [-0.4, -0.2) is 23.3 Å². The number of hydrogen-bond acceptors (Lipinski definition) is 5. The predicted molar refractivity (Wildman–Crippen MR) is 85.6 cm³/mol. The number of benzene rings is 2. The smallest absolute Gasteiger partial charge is 0.272 e. The van der Waals surface area contributed by atoms with E-state index in [4.69, 9.17) is 4.74 Å². The second-order valence-corrected chi connectivity index (χ2v) is 5.73. The maximum Gasteiger partial charge on any atom is 0.272 e. The summed E-state index contributed by atoms with van der Waals surface area (Å²) in [7, 11) is 1.53. The summed E-state index contributed by atoms with van der Waals surface area (Å²) in [5.41, 5.74) is 0.0195. The van der Waals surface area contributed by atoms with E-state index in [1.54, 1.807) is 30.3 Å². The van der Waals surface area contributed by atoms with Gasteiger partial charge in [-0.2, -0.15) is 0 Å². The Labute approximate surface area is 136 Å². The molecule has 23 heavy (non-hydrogen) atoms. The number of carbonyl (C=O) groups is 1. The summed E-state index contributed by atoms with van der Waals surface area (Å²) < 4.78 is 19.1. The van der Waals surface area contributed by atoms with Crippen LogP contribution < -0.4 is 4.74 Å². The van der Waals surface area contributed by atoms with Gasteiger partial charge in [0.05, 0.1) is 12.0 Å². The molecule has 0 N–H and O–H groups in total. The predicted octanol–water partition coefficient (Wildman–Crippen LogP) is 3.80. The van der Waals surface area contributed by atoms with Gasteiger partial charge in [0.2, 0.25) is 5.12 Å². The van der Waals surface area contributed by atoms with Crippen molar-refractivity contribution in [3.05, 3.63) is 64.2 Å². The standard InChI is InChI=1S/C16H14FNO4S/c1-22-12-6-8-13(9-7-12)23-16(19)14(17)10-11-4-2-3-5-15(11)18(20)21/h2-9,14H,10H2,1H3. The molecule has 0 bridgehead atoms. The molecule has 0 saturated carbocycles. The summed E-state index contributed by atoms with van der Waals surface area (Å²) in [5.74, 6) is 0.638. The summed E-state index contributed by atoms with van der Waals surface area (Å²) >= 11 is 0.765. The topological polar surface area (TPSA) is 69.4 Å². The van der Waals surface area contributed by atoms with Crippen molar-refractivity contribution in [1.29, 1.82) is 0 Å². The minimum absolute atomic E-state index is 0.183. The van der Waals surface area contributed by atoms with E-state index in [9.17, 15) is 19.3 Å². The Hall–Kier alpha value is -2.41. The van der Waals surface area contributed by atoms with Gasteiger partial charge in [0.1, 0.15) is 5.75 Å². The molecule has 5 nitrogen and oxygen atoms in total. The average Bonchev–Trinajstić information content (AvgIpc) is 2.55. The first kappa shape index (κ1) is 17.0. The first-order valence-electron chi connectivity index (χ1n) is 6.73. The molecule has 1 atom stereocenters. The average molecular weight is 335 g/mol. The van der Waals surface area contributed by atoms with Crippen molar-refractivity contribution >= 4 is 22.6 Å². The van der Waals surface area contributed by atoms with Crippen LogP contribution in [0.3, 0.4) is 0 Å². The zero-order valence-electron chi connectivity index (χ0n) is 12.3. The number of rotatable bonds is 6. The minimum Gasteiger partial charge on any atom is -0.497 e. The van der Waals surface area contributed by atoms with Crippen molar-refractivity contribution in [2.75, 3.05) is 7.11 Å². The van der Waals surface area contributed by atoms with Crippen molar-refractivity contribution in [3.8, 4) is 5.75 Å². The normalized spacial score (nSPS) is 11.7. The fraction of sp³-hybridized carbons (Fsp3) is 0.188. The number of halogens is 1. The van der Waals surface area contributed by atoms with Crippen LogP contribution in [-0.2, 0) is 11.2 Å². The summed E-state index contributed by atoms with van der Waals surface area (Å²) in [5, 5.41) is 10.2. The Bertz CT molecular complexity index is 705. The van der Waals surface area contributed by atoms with E-state index in [1.807, 2.05) is 0 Å². The summed E-state index contributed by atoms with van der Waals surface area (Å²) in [4.78, 5) is 22.8. The van der Waals surface area contributed by atoms with E-state index < -0.39 is 16.2 Å². The lowest BCUT2D eigenvalue weighted by atomic mass is 10.1. The molecule has 2 aromatic rings. The van der Waals surface area contributed by atoms with Crippen molar-refractivity contribution in [2.24, 2.45) is 0 Å². The van der Waals surface area contributed by atoms with Crippen LogP contribution in [0.1, 0.15) is 5.56 Å². The number of alkyl halides is 1. The Morgan fingerprint density at radius 3 is 2.52 bits per heavy atom. The highest BCUT2D eigenvalue weighted by Gasteiger charge is 2.23. The van der Waals surface area contributed by atoms with E-state index in [0.29, 0.717) is 10.6 Å². The highest BCUT2D eigenvalue weighted by molar-refractivity contribution is 8.13. The zero-order valence-corrected chi connectivity index (χ0v) is 13.1. The maximum absolute atomic E-state index is 14.1. The highest BCUT2D eigenvalue weighted by Crippen LogP contribution is 2.26. The van der Waals surface area contributed by atoms with Crippen LogP contribution in [0, 0.1) is 10.1 Å². The van der Waals surface area contributed by atoms with Gasteiger partial charge in [-0.05, 0) is 36.0 Å². The Kier molecular flexibility index (Phi) is 5.70. The molecule has 0 saturated heterocycles. The van der Waals surface area contributed by atoms with Crippen LogP contribution in [0.15, 0.2) is 53.4 Å². The quantitative estimate of drug-likeness (QED) is 0.456. The number of hydrogen-bond donors (Lipinski definition) is 0. The molecule has 0 radical (unpaired) electrons. The molecule has 7 heteroatoms. The monoisotopic (exact) mass is 335 g/mol. The van der Waals surface area contributed by atoms with Crippen LogP contribution in [0.4, 0.5) is 10.1 Å². The largest absolute Gasteiger partial charge is 0.497 e. The second-order valence-electron chi connectivity index (χ2n) is 4.65. The fourth-order valence-electron chi connectivity index (χ4n) is 1.96. The molecule has 0 aliphatic carbocycles. The van der Waals surface area contributed by atoms with E-state index >= 15 is 0 Å². The second kappa shape index (κ2) is 7.73. The van der Waals surface area contributed by atoms with Gasteiger partial charge in [0, 0.05) is 22.9 Å². The molecule has 120 valence electrons. The van der Waals surface area contributed by atoms with Gasteiger partial charge in [0.15, 0.2) is 6.17 Å². The number of nitro groups is 1. The lowest BCUT2D eigenvalue weighted by molar-refractivity contribution is -0.385. The summed E-state index contributed by atoms with van der Waals surface area (Å²) in [6.45, 7) is 0. The number of nitro benzene ring substituents is 1. The molecule has 0 heterocycles. The third-order valence-corrected chi connectivity index (χ3v) is 4.09. The summed E-state index contributed by atoms with van der Waals surface area (Å²) in [6.07, 6.45) is -2.14. The van der Waals surface area contributed by atoms with Crippen LogP contribution in [0.2, 0.25) is 0 Å². The first-order chi connectivity index (χ1) is 11.0. The third kappa shape index (κ3) is 4.53. The van der Waals surface area contributed by atoms with Crippen molar-refractivity contribution < 1.29 is 18.8 Å². The van der Waals surface area contributed by atoms with E-state index in [2.05, 4.69) is 0 Å².